The molecule has 0 atom stereocenters. The molecule has 103 valence electrons. The monoisotopic (exact) mass is 257 g/mol. The van der Waals surface area contributed by atoms with E-state index in [4.69, 9.17) is 0 Å². The van der Waals surface area contributed by atoms with Crippen molar-refractivity contribution in [2.75, 3.05) is 11.5 Å². The van der Waals surface area contributed by atoms with Gasteiger partial charge in [-0.05, 0) is 17.9 Å². The summed E-state index contributed by atoms with van der Waals surface area (Å²) in [6.07, 6.45) is 17.0. The Morgan fingerprint density at radius 3 is 1.47 bits per heavy atom. The van der Waals surface area contributed by atoms with Crippen molar-refractivity contribution < 1.29 is 0 Å². The molecule has 0 fully saturated rings. The topological polar surface area (TPSA) is 0 Å². The van der Waals surface area contributed by atoms with Gasteiger partial charge in [-0.2, -0.15) is 11.8 Å². The quantitative estimate of drug-likeness (QED) is 0.331. The van der Waals surface area contributed by atoms with Gasteiger partial charge in [-0.25, -0.2) is 0 Å². The van der Waals surface area contributed by atoms with Crippen molar-refractivity contribution in [3.05, 3.63) is 6.92 Å². The van der Waals surface area contributed by atoms with E-state index in [0.717, 1.165) is 6.42 Å². The lowest BCUT2D eigenvalue weighted by Gasteiger charge is -2.02. The molecule has 0 aliphatic carbocycles. The Bertz CT molecular complexity index is 109. The van der Waals surface area contributed by atoms with Crippen LogP contribution in [-0.4, -0.2) is 11.5 Å². The molecule has 1 heteroatoms. The van der Waals surface area contributed by atoms with E-state index in [9.17, 15) is 0 Å². The molecule has 0 saturated heterocycles. The fourth-order valence-electron chi connectivity index (χ4n) is 2.12. The van der Waals surface area contributed by atoms with Crippen LogP contribution in [0.3, 0.4) is 0 Å². The second-order valence-electron chi connectivity index (χ2n) is 4.94. The highest BCUT2D eigenvalue weighted by Gasteiger charge is 1.93. The van der Waals surface area contributed by atoms with Gasteiger partial charge in [-0.15, -0.1) is 0 Å². The molecule has 0 aliphatic heterocycles. The number of thioether (sulfide) groups is 1. The normalized spacial score (nSPS) is 10.9. The number of unbranched alkanes of at least 4 members (excludes halogenated alkanes) is 11. The second kappa shape index (κ2) is 16.4. The predicted octanol–water partition coefficient (Wildman–Crippen LogP) is 6.25. The van der Waals surface area contributed by atoms with Crippen LogP contribution >= 0.6 is 11.8 Å². The molecule has 0 rings (SSSR count). The first kappa shape index (κ1) is 17.4. The zero-order valence-corrected chi connectivity index (χ0v) is 12.8. The van der Waals surface area contributed by atoms with Crippen molar-refractivity contribution in [1.82, 2.24) is 0 Å². The maximum absolute atomic E-state index is 3.88. The van der Waals surface area contributed by atoms with Gasteiger partial charge >= 0.3 is 0 Å². The van der Waals surface area contributed by atoms with Crippen molar-refractivity contribution in [3.63, 3.8) is 0 Å². The first-order chi connectivity index (χ1) is 8.41. The van der Waals surface area contributed by atoms with E-state index in [0.29, 0.717) is 0 Å². The summed E-state index contributed by atoms with van der Waals surface area (Å²) in [7, 11) is 0. The van der Waals surface area contributed by atoms with Gasteiger partial charge in [0.15, 0.2) is 0 Å². The lowest BCUT2D eigenvalue weighted by atomic mass is 10.1. The lowest BCUT2D eigenvalue weighted by molar-refractivity contribution is 0.551. The standard InChI is InChI=1S/C16H33S/c1-3-5-6-7-8-9-10-11-12-13-14-15-16-17-4-2/h1,3-16H2,2H3. The van der Waals surface area contributed by atoms with Gasteiger partial charge in [-0.1, -0.05) is 84.5 Å². The SMILES string of the molecule is [CH2]CCCCCCCCCCCCCSCC. The van der Waals surface area contributed by atoms with Crippen LogP contribution in [0.25, 0.3) is 0 Å². The largest absolute Gasteiger partial charge is 0.162 e. The molecule has 0 aromatic heterocycles. The van der Waals surface area contributed by atoms with Gasteiger partial charge in [-0.3, -0.25) is 0 Å². The molecule has 0 unspecified atom stereocenters. The van der Waals surface area contributed by atoms with Gasteiger partial charge in [0.1, 0.15) is 0 Å². The highest BCUT2D eigenvalue weighted by Crippen LogP contribution is 2.12. The molecule has 0 nitrogen and oxygen atoms in total. The summed E-state index contributed by atoms with van der Waals surface area (Å²) >= 11 is 2.08. The minimum atomic E-state index is 1.12. The molecule has 0 heterocycles. The summed E-state index contributed by atoms with van der Waals surface area (Å²) in [4.78, 5) is 0. The van der Waals surface area contributed by atoms with E-state index in [1.807, 2.05) is 0 Å². The number of rotatable bonds is 14. The maximum atomic E-state index is 3.88. The summed E-state index contributed by atoms with van der Waals surface area (Å²) in [5.41, 5.74) is 0. The van der Waals surface area contributed by atoms with Crippen LogP contribution in [-0.2, 0) is 0 Å². The Hall–Kier alpha value is 0.350. The van der Waals surface area contributed by atoms with Crippen LogP contribution in [0.15, 0.2) is 0 Å². The molecule has 0 aliphatic rings. The third-order valence-corrected chi connectivity index (χ3v) is 4.23. The molecule has 0 amide bonds. The van der Waals surface area contributed by atoms with Gasteiger partial charge in [0.2, 0.25) is 0 Å². The van der Waals surface area contributed by atoms with Crippen molar-refractivity contribution >= 4 is 11.8 Å². The van der Waals surface area contributed by atoms with E-state index < -0.39 is 0 Å². The molecular formula is C16H33S. The van der Waals surface area contributed by atoms with Gasteiger partial charge in [0.05, 0.1) is 0 Å². The molecule has 17 heavy (non-hydrogen) atoms. The smallest absolute Gasteiger partial charge is 0.00676 e. The molecule has 0 bridgehead atoms. The van der Waals surface area contributed by atoms with E-state index in [2.05, 4.69) is 25.6 Å². The number of hydrogen-bond acceptors (Lipinski definition) is 1. The van der Waals surface area contributed by atoms with Crippen LogP contribution in [0, 0.1) is 6.92 Å². The van der Waals surface area contributed by atoms with E-state index in [1.165, 1.54) is 82.1 Å². The van der Waals surface area contributed by atoms with Gasteiger partial charge < -0.3 is 0 Å². The third-order valence-electron chi connectivity index (χ3n) is 3.24. The Kier molecular flexibility index (Phi) is 16.7. The zero-order chi connectivity index (χ0) is 12.6. The average Bonchev–Trinajstić information content (AvgIpc) is 2.35. The van der Waals surface area contributed by atoms with Crippen molar-refractivity contribution in [3.8, 4) is 0 Å². The summed E-state index contributed by atoms with van der Waals surface area (Å²) < 4.78 is 0. The van der Waals surface area contributed by atoms with E-state index in [-0.39, 0.29) is 0 Å². The van der Waals surface area contributed by atoms with E-state index >= 15 is 0 Å². The summed E-state index contributed by atoms with van der Waals surface area (Å²) in [6.45, 7) is 6.13. The van der Waals surface area contributed by atoms with Crippen molar-refractivity contribution in [1.29, 1.82) is 0 Å². The predicted molar refractivity (Wildman–Crippen MR) is 83.8 cm³/mol. The van der Waals surface area contributed by atoms with E-state index in [1.54, 1.807) is 0 Å². The van der Waals surface area contributed by atoms with Crippen LogP contribution in [0.4, 0.5) is 0 Å². The minimum absolute atomic E-state index is 1.12. The molecule has 0 spiro atoms. The highest BCUT2D eigenvalue weighted by atomic mass is 32.2. The Labute approximate surface area is 114 Å². The molecule has 0 N–H and O–H groups in total. The van der Waals surface area contributed by atoms with Crippen LogP contribution in [0.2, 0.25) is 0 Å². The first-order valence-electron chi connectivity index (χ1n) is 7.78. The molecule has 0 saturated carbocycles. The van der Waals surface area contributed by atoms with Crippen LogP contribution in [0.1, 0.15) is 84.0 Å². The highest BCUT2D eigenvalue weighted by molar-refractivity contribution is 7.99. The molecular weight excluding hydrogens is 224 g/mol. The number of hydrogen-bond donors (Lipinski definition) is 0. The minimum Gasteiger partial charge on any atom is -0.162 e. The Morgan fingerprint density at radius 1 is 0.647 bits per heavy atom. The van der Waals surface area contributed by atoms with Crippen molar-refractivity contribution in [2.45, 2.75) is 84.0 Å². The van der Waals surface area contributed by atoms with Crippen LogP contribution in [0.5, 0.6) is 0 Å². The second-order valence-corrected chi connectivity index (χ2v) is 6.33. The first-order valence-corrected chi connectivity index (χ1v) is 8.94. The van der Waals surface area contributed by atoms with Crippen LogP contribution < -0.4 is 0 Å². The Morgan fingerprint density at radius 2 is 1.06 bits per heavy atom. The Balaban J connectivity index is 2.85. The average molecular weight is 258 g/mol. The van der Waals surface area contributed by atoms with Gasteiger partial charge in [0.25, 0.3) is 0 Å². The summed E-state index contributed by atoms with van der Waals surface area (Å²) in [5.74, 6) is 2.66. The molecule has 1 radical (unpaired) electrons. The lowest BCUT2D eigenvalue weighted by Crippen LogP contribution is -1.84. The fourth-order valence-corrected chi connectivity index (χ4v) is 2.81. The van der Waals surface area contributed by atoms with Crippen molar-refractivity contribution in [2.24, 2.45) is 0 Å². The maximum Gasteiger partial charge on any atom is -0.00676 e. The molecule has 0 aromatic carbocycles. The molecule has 0 aromatic rings. The zero-order valence-electron chi connectivity index (χ0n) is 12.0. The van der Waals surface area contributed by atoms with Gasteiger partial charge in [0, 0.05) is 0 Å². The third kappa shape index (κ3) is 16.4. The summed E-state index contributed by atoms with van der Waals surface area (Å²) in [5, 5.41) is 0. The summed E-state index contributed by atoms with van der Waals surface area (Å²) in [6, 6.07) is 0. The fraction of sp³-hybridized carbons (Fsp3) is 0.938.